The minimum atomic E-state index is 0.791. The molecule has 1 aromatic carbocycles. The average Bonchev–Trinajstić information content (AvgIpc) is 1.99. The molecule has 0 aliphatic carbocycles. The summed E-state index contributed by atoms with van der Waals surface area (Å²) in [6, 6.07) is 5.99. The van der Waals surface area contributed by atoms with E-state index in [0.717, 1.165) is 16.0 Å². The number of likely N-dealkylation sites (tertiary alicyclic amines) is 1. The van der Waals surface area contributed by atoms with E-state index in [2.05, 4.69) is 26.9 Å². The zero-order chi connectivity index (χ0) is 9.26. The minimum Gasteiger partial charge on any atom is -0.299 e. The lowest BCUT2D eigenvalue weighted by atomic mass is 10.1. The summed E-state index contributed by atoms with van der Waals surface area (Å²) in [5.74, 6) is 0. The standard InChI is InChI=1S/C10H11BrClN/c11-10-6-9(12)3-2-8(10)7-13-4-1-5-13/h2-3,6H,1,4-5,7H2. The molecule has 0 radical (unpaired) electrons. The van der Waals surface area contributed by atoms with Crippen LogP contribution < -0.4 is 0 Å². The van der Waals surface area contributed by atoms with Crippen molar-refractivity contribution in [3.63, 3.8) is 0 Å². The van der Waals surface area contributed by atoms with E-state index in [4.69, 9.17) is 11.6 Å². The SMILES string of the molecule is Clc1ccc(CN2CCC2)c(Br)c1. The van der Waals surface area contributed by atoms with Gasteiger partial charge in [0, 0.05) is 16.0 Å². The largest absolute Gasteiger partial charge is 0.299 e. The second-order valence-electron chi connectivity index (χ2n) is 3.37. The van der Waals surface area contributed by atoms with E-state index >= 15 is 0 Å². The molecule has 0 spiro atoms. The monoisotopic (exact) mass is 259 g/mol. The van der Waals surface area contributed by atoms with Crippen LogP contribution in [0.1, 0.15) is 12.0 Å². The molecular formula is C10H11BrClN. The second-order valence-corrected chi connectivity index (χ2v) is 4.66. The molecule has 0 saturated carbocycles. The Morgan fingerprint density at radius 1 is 1.38 bits per heavy atom. The molecule has 0 N–H and O–H groups in total. The highest BCUT2D eigenvalue weighted by Crippen LogP contribution is 2.24. The van der Waals surface area contributed by atoms with E-state index < -0.39 is 0 Å². The van der Waals surface area contributed by atoms with Gasteiger partial charge in [0.05, 0.1) is 0 Å². The first kappa shape index (κ1) is 9.50. The first-order valence-corrected chi connectivity index (χ1v) is 5.59. The summed E-state index contributed by atoms with van der Waals surface area (Å²) in [7, 11) is 0. The van der Waals surface area contributed by atoms with Crippen molar-refractivity contribution in [3.8, 4) is 0 Å². The van der Waals surface area contributed by atoms with Crippen molar-refractivity contribution in [2.75, 3.05) is 13.1 Å². The van der Waals surface area contributed by atoms with Crippen molar-refractivity contribution < 1.29 is 0 Å². The third-order valence-corrected chi connectivity index (χ3v) is 3.33. The number of benzene rings is 1. The minimum absolute atomic E-state index is 0.791. The maximum Gasteiger partial charge on any atom is 0.0417 e. The van der Waals surface area contributed by atoms with Gasteiger partial charge in [0.2, 0.25) is 0 Å². The summed E-state index contributed by atoms with van der Waals surface area (Å²) < 4.78 is 1.12. The topological polar surface area (TPSA) is 3.24 Å². The third-order valence-electron chi connectivity index (χ3n) is 2.36. The molecule has 1 heterocycles. The zero-order valence-corrected chi connectivity index (χ0v) is 9.61. The maximum atomic E-state index is 5.86. The summed E-state index contributed by atoms with van der Waals surface area (Å²) in [6.07, 6.45) is 1.34. The Bertz CT molecular complexity index is 310. The van der Waals surface area contributed by atoms with E-state index in [1.54, 1.807) is 0 Å². The quantitative estimate of drug-likeness (QED) is 0.788. The van der Waals surface area contributed by atoms with Gasteiger partial charge >= 0.3 is 0 Å². The number of halogens is 2. The van der Waals surface area contributed by atoms with Crippen molar-refractivity contribution in [3.05, 3.63) is 33.3 Å². The molecule has 1 fully saturated rings. The Morgan fingerprint density at radius 2 is 2.15 bits per heavy atom. The summed E-state index contributed by atoms with van der Waals surface area (Å²) in [6.45, 7) is 3.50. The Balaban J connectivity index is 2.10. The van der Waals surface area contributed by atoms with Crippen molar-refractivity contribution in [2.45, 2.75) is 13.0 Å². The van der Waals surface area contributed by atoms with Crippen molar-refractivity contribution >= 4 is 27.5 Å². The van der Waals surface area contributed by atoms with Crippen LogP contribution in [0.15, 0.2) is 22.7 Å². The van der Waals surface area contributed by atoms with Gasteiger partial charge in [0.15, 0.2) is 0 Å². The smallest absolute Gasteiger partial charge is 0.0417 e. The van der Waals surface area contributed by atoms with Crippen LogP contribution in [0.2, 0.25) is 5.02 Å². The fourth-order valence-electron chi connectivity index (χ4n) is 1.43. The number of hydrogen-bond donors (Lipinski definition) is 0. The van der Waals surface area contributed by atoms with E-state index in [1.807, 2.05) is 12.1 Å². The van der Waals surface area contributed by atoms with Crippen LogP contribution in [-0.4, -0.2) is 18.0 Å². The lowest BCUT2D eigenvalue weighted by Gasteiger charge is -2.30. The highest BCUT2D eigenvalue weighted by Gasteiger charge is 2.14. The predicted molar refractivity (Wildman–Crippen MR) is 59.0 cm³/mol. The molecule has 1 aromatic rings. The van der Waals surface area contributed by atoms with Gasteiger partial charge in [-0.2, -0.15) is 0 Å². The van der Waals surface area contributed by atoms with Gasteiger partial charge in [-0.25, -0.2) is 0 Å². The molecular weight excluding hydrogens is 249 g/mol. The lowest BCUT2D eigenvalue weighted by molar-refractivity contribution is 0.172. The van der Waals surface area contributed by atoms with Crippen LogP contribution in [-0.2, 0) is 6.54 Å². The van der Waals surface area contributed by atoms with Gasteiger partial charge < -0.3 is 0 Å². The van der Waals surface area contributed by atoms with E-state index in [1.165, 1.54) is 25.1 Å². The van der Waals surface area contributed by atoms with Crippen molar-refractivity contribution in [1.29, 1.82) is 0 Å². The van der Waals surface area contributed by atoms with E-state index in [9.17, 15) is 0 Å². The molecule has 1 aliphatic heterocycles. The summed E-state index contributed by atoms with van der Waals surface area (Å²) in [5, 5.41) is 0.791. The molecule has 1 saturated heterocycles. The summed E-state index contributed by atoms with van der Waals surface area (Å²) in [4.78, 5) is 2.42. The highest BCUT2D eigenvalue weighted by atomic mass is 79.9. The van der Waals surface area contributed by atoms with Gasteiger partial charge in [-0.3, -0.25) is 4.90 Å². The predicted octanol–water partition coefficient (Wildman–Crippen LogP) is 3.31. The van der Waals surface area contributed by atoms with Crippen LogP contribution in [0.25, 0.3) is 0 Å². The number of hydrogen-bond acceptors (Lipinski definition) is 1. The molecule has 0 bridgehead atoms. The van der Waals surface area contributed by atoms with Crippen LogP contribution in [0, 0.1) is 0 Å². The van der Waals surface area contributed by atoms with Gasteiger partial charge in [-0.15, -0.1) is 0 Å². The van der Waals surface area contributed by atoms with Crippen LogP contribution in [0.3, 0.4) is 0 Å². The van der Waals surface area contributed by atoms with E-state index in [-0.39, 0.29) is 0 Å². The normalized spacial score (nSPS) is 17.1. The highest BCUT2D eigenvalue weighted by molar-refractivity contribution is 9.10. The first-order chi connectivity index (χ1) is 6.25. The second kappa shape index (κ2) is 3.99. The van der Waals surface area contributed by atoms with Gasteiger partial charge in [-0.05, 0) is 37.2 Å². The summed E-state index contributed by atoms with van der Waals surface area (Å²) in [5.41, 5.74) is 1.32. The van der Waals surface area contributed by atoms with Gasteiger partial charge in [0.25, 0.3) is 0 Å². The first-order valence-electron chi connectivity index (χ1n) is 4.42. The molecule has 1 aliphatic rings. The molecule has 0 amide bonds. The van der Waals surface area contributed by atoms with E-state index in [0.29, 0.717) is 0 Å². The molecule has 13 heavy (non-hydrogen) atoms. The number of rotatable bonds is 2. The Hall–Kier alpha value is -0.0500. The Labute approximate surface area is 91.8 Å². The van der Waals surface area contributed by atoms with Crippen LogP contribution in [0.4, 0.5) is 0 Å². The lowest BCUT2D eigenvalue weighted by Crippen LogP contribution is -2.36. The van der Waals surface area contributed by atoms with Crippen molar-refractivity contribution in [2.24, 2.45) is 0 Å². The van der Waals surface area contributed by atoms with Gasteiger partial charge in [0.1, 0.15) is 0 Å². The van der Waals surface area contributed by atoms with Crippen LogP contribution >= 0.6 is 27.5 Å². The Kier molecular flexibility index (Phi) is 2.92. The molecule has 1 nitrogen and oxygen atoms in total. The molecule has 70 valence electrons. The zero-order valence-electron chi connectivity index (χ0n) is 7.26. The molecule has 2 rings (SSSR count). The molecule has 0 unspecified atom stereocenters. The van der Waals surface area contributed by atoms with Crippen molar-refractivity contribution in [1.82, 2.24) is 4.90 Å². The fourth-order valence-corrected chi connectivity index (χ4v) is 2.24. The molecule has 3 heteroatoms. The molecule has 0 atom stereocenters. The fraction of sp³-hybridized carbons (Fsp3) is 0.400. The molecule has 0 aromatic heterocycles. The van der Waals surface area contributed by atoms with Gasteiger partial charge in [-0.1, -0.05) is 33.6 Å². The third kappa shape index (κ3) is 2.25. The average molecular weight is 261 g/mol. The Morgan fingerprint density at radius 3 is 2.69 bits per heavy atom. The number of nitrogens with zero attached hydrogens (tertiary/aromatic N) is 1. The van der Waals surface area contributed by atoms with Crippen LogP contribution in [0.5, 0.6) is 0 Å². The maximum absolute atomic E-state index is 5.86. The summed E-state index contributed by atoms with van der Waals surface area (Å²) >= 11 is 9.38.